The molecule has 0 N–H and O–H groups in total. The van der Waals surface area contributed by atoms with Crippen LogP contribution in [0.25, 0.3) is 0 Å². The molecule has 1 amide bonds. The number of halogens is 14. The Morgan fingerprint density at radius 3 is 1.33 bits per heavy atom. The number of rotatable bonds is 5. The number of amides is 1. The van der Waals surface area contributed by atoms with Gasteiger partial charge in [-0.2, -0.15) is 57.1 Å². The van der Waals surface area contributed by atoms with E-state index in [0.717, 1.165) is 0 Å². The van der Waals surface area contributed by atoms with Crippen LogP contribution in [0, 0.1) is 0 Å². The van der Waals surface area contributed by atoms with Gasteiger partial charge in [0.1, 0.15) is 0 Å². The van der Waals surface area contributed by atoms with E-state index in [0.29, 0.717) is 0 Å². The highest BCUT2D eigenvalue weighted by Gasteiger charge is 2.91. The minimum atomic E-state index is -8.01. The van der Waals surface area contributed by atoms with Crippen molar-refractivity contribution < 1.29 is 90.3 Å². The summed E-state index contributed by atoms with van der Waals surface area (Å²) in [6.07, 6.45) is -7.48. The molecular weight excluding hydrogens is 574 g/mol. The molecule has 0 saturated carbocycles. The van der Waals surface area contributed by atoms with Gasteiger partial charge in [-0.05, 0) is 0 Å². The molecule has 0 aliphatic carbocycles. The Labute approximate surface area is 177 Å². The molecule has 1 fully saturated rings. The van der Waals surface area contributed by atoms with E-state index in [4.69, 9.17) is 0 Å². The number of hydrogen-bond donors (Lipinski definition) is 0. The average molecular weight is 588 g/mol. The molecule has 0 aromatic rings. The van der Waals surface area contributed by atoms with Gasteiger partial charge in [0, 0.05) is 0 Å². The zero-order valence-electron chi connectivity index (χ0n) is 14.9. The van der Waals surface area contributed by atoms with Crippen LogP contribution in [0.2, 0.25) is 0 Å². The van der Waals surface area contributed by atoms with Crippen molar-refractivity contribution in [1.29, 1.82) is 0 Å². The van der Waals surface area contributed by atoms with Crippen molar-refractivity contribution in [3.05, 3.63) is 0 Å². The number of quaternary nitrogens is 1. The normalized spacial score (nSPS) is 19.4. The van der Waals surface area contributed by atoms with Gasteiger partial charge >= 0.3 is 35.8 Å². The van der Waals surface area contributed by atoms with E-state index in [9.17, 15) is 61.9 Å². The fourth-order valence-electron chi connectivity index (χ4n) is 2.31. The van der Waals surface area contributed by atoms with Crippen LogP contribution in [0.3, 0.4) is 0 Å². The number of piperazine rings is 1. The van der Waals surface area contributed by atoms with Crippen molar-refractivity contribution in [2.75, 3.05) is 40.3 Å². The van der Waals surface area contributed by atoms with Crippen LogP contribution >= 0.6 is 0 Å². The van der Waals surface area contributed by atoms with Crippen LogP contribution in [0.4, 0.5) is 57.1 Å². The first-order valence-electron chi connectivity index (χ1n) is 7.54. The summed E-state index contributed by atoms with van der Waals surface area (Å²) in [4.78, 5) is 11.5. The molecule has 1 saturated heterocycles. The van der Waals surface area contributed by atoms with Gasteiger partial charge < -0.3 is 33.4 Å². The second-order valence-corrected chi connectivity index (χ2v) is 7.04. The molecule has 0 spiro atoms. The van der Waals surface area contributed by atoms with Gasteiger partial charge in [0.2, 0.25) is 0 Å². The summed E-state index contributed by atoms with van der Waals surface area (Å²) in [7, 11) is 3.03. The van der Waals surface area contributed by atoms with Crippen molar-refractivity contribution >= 4 is 5.91 Å². The largest absolute Gasteiger partial charge is 1.00 e. The Hall–Kier alpha value is -0.750. The second-order valence-electron chi connectivity index (χ2n) is 7.04. The molecule has 0 aromatic carbocycles. The van der Waals surface area contributed by atoms with Gasteiger partial charge in [-0.1, -0.05) is 0 Å². The molecule has 180 valence electrons. The number of nitrogens with zero attached hydrogens (tertiary/aromatic N) is 2. The molecule has 30 heavy (non-hydrogen) atoms. The van der Waals surface area contributed by atoms with Crippen molar-refractivity contribution in [2.24, 2.45) is 0 Å². The lowest BCUT2D eigenvalue weighted by Gasteiger charge is -2.42. The average Bonchev–Trinajstić information content (AvgIpc) is 2.52. The van der Waals surface area contributed by atoms with Crippen molar-refractivity contribution in [1.82, 2.24) is 4.90 Å². The molecular formula is C13H14F13IN2O. The highest BCUT2D eigenvalue weighted by atomic mass is 127. The third-order valence-corrected chi connectivity index (χ3v) is 4.44. The predicted octanol–water partition coefficient (Wildman–Crippen LogP) is 0.648. The Kier molecular flexibility index (Phi) is 7.79. The van der Waals surface area contributed by atoms with Gasteiger partial charge in [-0.25, -0.2) is 0 Å². The molecule has 0 atom stereocenters. The lowest BCUT2D eigenvalue weighted by molar-refractivity contribution is -0.894. The van der Waals surface area contributed by atoms with Crippen molar-refractivity contribution in [3.63, 3.8) is 0 Å². The van der Waals surface area contributed by atoms with E-state index in [2.05, 4.69) is 0 Å². The summed E-state index contributed by atoms with van der Waals surface area (Å²) in [5, 5.41) is 0. The summed E-state index contributed by atoms with van der Waals surface area (Å²) in [5.41, 5.74) is 0. The van der Waals surface area contributed by atoms with Gasteiger partial charge in [0.05, 0.1) is 40.3 Å². The Bertz CT molecular complexity index is 637. The summed E-state index contributed by atoms with van der Waals surface area (Å²) in [6, 6.07) is 0. The molecule has 3 nitrogen and oxygen atoms in total. The third-order valence-electron chi connectivity index (χ3n) is 4.44. The van der Waals surface area contributed by atoms with E-state index in [1.54, 1.807) is 0 Å². The lowest BCUT2D eigenvalue weighted by atomic mass is 9.93. The molecule has 0 bridgehead atoms. The minimum Gasteiger partial charge on any atom is -1.00 e. The van der Waals surface area contributed by atoms with Crippen molar-refractivity contribution in [3.8, 4) is 0 Å². The molecule has 1 heterocycles. The highest BCUT2D eigenvalue weighted by Crippen LogP contribution is 2.60. The summed E-state index contributed by atoms with van der Waals surface area (Å²) in [5.74, 6) is -41.2. The highest BCUT2D eigenvalue weighted by molar-refractivity contribution is 5.85. The lowest BCUT2D eigenvalue weighted by Crippen LogP contribution is -3.00. The second kappa shape index (κ2) is 7.99. The maximum Gasteiger partial charge on any atom is 0.460 e. The van der Waals surface area contributed by atoms with E-state index in [1.165, 1.54) is 14.1 Å². The van der Waals surface area contributed by atoms with Crippen LogP contribution in [0.5, 0.6) is 0 Å². The quantitative estimate of drug-likeness (QED) is 0.263. The fourth-order valence-corrected chi connectivity index (χ4v) is 2.31. The SMILES string of the molecule is C[N+]1(C)CCN(C(=O)C(F)(F)C(F)(F)C(F)(F)C(F)(F)C(F)(F)C(F)(F)F)CC1.[I-]. The Morgan fingerprint density at radius 1 is 0.667 bits per heavy atom. The first kappa shape index (κ1) is 29.2. The number of hydrogen-bond acceptors (Lipinski definition) is 1. The number of alkyl halides is 13. The van der Waals surface area contributed by atoms with Gasteiger partial charge in [0.25, 0.3) is 5.91 Å². The van der Waals surface area contributed by atoms with E-state index in [1.807, 2.05) is 0 Å². The smallest absolute Gasteiger partial charge is 0.460 e. The zero-order valence-corrected chi connectivity index (χ0v) is 17.1. The maximum absolute atomic E-state index is 13.8. The Balaban J connectivity index is 0.00000841. The monoisotopic (exact) mass is 588 g/mol. The first-order valence-corrected chi connectivity index (χ1v) is 7.54. The van der Waals surface area contributed by atoms with Crippen LogP contribution in [-0.2, 0) is 4.79 Å². The van der Waals surface area contributed by atoms with Crippen LogP contribution in [0.15, 0.2) is 0 Å². The Morgan fingerprint density at radius 2 is 1.00 bits per heavy atom. The maximum atomic E-state index is 13.8. The first-order chi connectivity index (χ1) is 12.5. The molecule has 0 unspecified atom stereocenters. The van der Waals surface area contributed by atoms with E-state index < -0.39 is 54.8 Å². The van der Waals surface area contributed by atoms with Gasteiger partial charge in [-0.15, -0.1) is 0 Å². The summed E-state index contributed by atoms with van der Waals surface area (Å²) < 4.78 is 169. The van der Waals surface area contributed by atoms with Crippen molar-refractivity contribution in [2.45, 2.75) is 35.8 Å². The summed E-state index contributed by atoms with van der Waals surface area (Å²) in [6.45, 7) is -1.71. The number of likely N-dealkylation sites (N-methyl/N-ethyl adjacent to an activating group) is 1. The zero-order chi connectivity index (χ0) is 23.5. The number of carbonyl (C=O) groups excluding carboxylic acids is 1. The molecule has 0 aromatic heterocycles. The topological polar surface area (TPSA) is 20.3 Å². The molecule has 17 heteroatoms. The molecule has 1 aliphatic rings. The van der Waals surface area contributed by atoms with E-state index >= 15 is 0 Å². The molecule has 1 rings (SSSR count). The van der Waals surface area contributed by atoms with Crippen LogP contribution in [-0.4, -0.2) is 91.4 Å². The van der Waals surface area contributed by atoms with Crippen LogP contribution in [0.1, 0.15) is 0 Å². The third kappa shape index (κ3) is 4.28. The minimum absolute atomic E-state index is 0. The van der Waals surface area contributed by atoms with E-state index in [-0.39, 0.29) is 46.4 Å². The number of carbonyl (C=O) groups is 1. The standard InChI is InChI=1S/C13H14F13N2O.HI/c1-28(2)5-3-27(4-6-28)7(29)8(14,15)9(16,17)10(18,19)11(20,21)12(22,23)13(24,25)26;/h3-6H2,1-2H3;1H/q+1;/p-1. The van der Waals surface area contributed by atoms with Crippen LogP contribution < -0.4 is 24.0 Å². The summed E-state index contributed by atoms with van der Waals surface area (Å²) >= 11 is 0. The molecule has 1 aliphatic heterocycles. The van der Waals surface area contributed by atoms with Gasteiger partial charge in [0.15, 0.2) is 0 Å². The predicted molar refractivity (Wildman–Crippen MR) is 69.2 cm³/mol. The molecule has 0 radical (unpaired) electrons. The van der Waals surface area contributed by atoms with Gasteiger partial charge in [-0.3, -0.25) is 4.79 Å². The fraction of sp³-hybridized carbons (Fsp3) is 0.923.